The molecule has 2 atom stereocenters. The van der Waals surface area contributed by atoms with Crippen molar-refractivity contribution in [1.29, 1.82) is 0 Å². The standard InChI is InChI=1S/C21H27N3O.ClH/c22-18-11-12-19(15-18)24-21(25)23-14-13-20(16-7-3-1-4-8-16)17-9-5-2-6-10-17;/h1-10,18-20H,11-15,22H2,(H2,23,24,25);1H/t18-,19-;/m1./s1. The quantitative estimate of drug-likeness (QED) is 0.720. The zero-order valence-corrected chi connectivity index (χ0v) is 15.8. The van der Waals surface area contributed by atoms with Gasteiger partial charge in [0, 0.05) is 24.5 Å². The summed E-state index contributed by atoms with van der Waals surface area (Å²) in [5, 5.41) is 6.04. The van der Waals surface area contributed by atoms with Crippen molar-refractivity contribution in [2.24, 2.45) is 5.73 Å². The van der Waals surface area contributed by atoms with Crippen molar-refractivity contribution in [3.05, 3.63) is 71.8 Å². The number of rotatable bonds is 6. The number of halogens is 1. The number of carbonyl (C=O) groups is 1. The Kier molecular flexibility index (Phi) is 7.95. The molecular weight excluding hydrogens is 346 g/mol. The van der Waals surface area contributed by atoms with E-state index in [1.54, 1.807) is 0 Å². The van der Waals surface area contributed by atoms with Crippen molar-refractivity contribution in [1.82, 2.24) is 10.6 Å². The second-order valence-corrected chi connectivity index (χ2v) is 6.83. The van der Waals surface area contributed by atoms with Crippen LogP contribution < -0.4 is 16.4 Å². The largest absolute Gasteiger partial charge is 0.338 e. The first kappa shape index (κ1) is 20.3. The highest BCUT2D eigenvalue weighted by Crippen LogP contribution is 2.27. The molecule has 3 rings (SSSR count). The van der Waals surface area contributed by atoms with Crippen molar-refractivity contribution < 1.29 is 4.79 Å². The molecule has 2 amide bonds. The summed E-state index contributed by atoms with van der Waals surface area (Å²) >= 11 is 0. The minimum absolute atomic E-state index is 0. The molecule has 1 aliphatic rings. The molecule has 0 unspecified atom stereocenters. The fourth-order valence-electron chi connectivity index (χ4n) is 3.61. The van der Waals surface area contributed by atoms with Crippen LogP contribution in [-0.4, -0.2) is 24.7 Å². The second kappa shape index (κ2) is 10.2. The molecule has 140 valence electrons. The first-order chi connectivity index (χ1) is 12.2. The van der Waals surface area contributed by atoms with Crippen LogP contribution in [-0.2, 0) is 0 Å². The van der Waals surface area contributed by atoms with Gasteiger partial charge in [-0.2, -0.15) is 0 Å². The van der Waals surface area contributed by atoms with Crippen molar-refractivity contribution in [2.75, 3.05) is 6.54 Å². The van der Waals surface area contributed by atoms with Crippen molar-refractivity contribution in [2.45, 2.75) is 43.7 Å². The third-order valence-electron chi connectivity index (χ3n) is 4.93. The summed E-state index contributed by atoms with van der Waals surface area (Å²) in [4.78, 5) is 12.1. The molecule has 1 saturated carbocycles. The highest BCUT2D eigenvalue weighted by molar-refractivity contribution is 5.85. The summed E-state index contributed by atoms with van der Waals surface area (Å²) in [6.07, 6.45) is 3.72. The van der Waals surface area contributed by atoms with Crippen LogP contribution in [0, 0.1) is 0 Å². The molecule has 5 heteroatoms. The fraction of sp³-hybridized carbons (Fsp3) is 0.381. The van der Waals surface area contributed by atoms with Gasteiger partial charge in [-0.1, -0.05) is 60.7 Å². The molecular formula is C21H28ClN3O. The van der Waals surface area contributed by atoms with Gasteiger partial charge >= 0.3 is 6.03 Å². The maximum Gasteiger partial charge on any atom is 0.315 e. The molecule has 0 radical (unpaired) electrons. The molecule has 0 spiro atoms. The number of hydrogen-bond acceptors (Lipinski definition) is 2. The number of nitrogens with two attached hydrogens (primary N) is 1. The monoisotopic (exact) mass is 373 g/mol. The average molecular weight is 374 g/mol. The van der Waals surface area contributed by atoms with Crippen LogP contribution in [0.25, 0.3) is 0 Å². The van der Waals surface area contributed by atoms with E-state index in [1.807, 2.05) is 12.1 Å². The van der Waals surface area contributed by atoms with Crippen molar-refractivity contribution >= 4 is 18.4 Å². The molecule has 0 aliphatic heterocycles. The molecule has 0 bridgehead atoms. The van der Waals surface area contributed by atoms with E-state index in [1.165, 1.54) is 11.1 Å². The molecule has 4 N–H and O–H groups in total. The summed E-state index contributed by atoms with van der Waals surface area (Å²) in [6, 6.07) is 21.3. The first-order valence-electron chi connectivity index (χ1n) is 9.12. The number of nitrogens with one attached hydrogen (secondary N) is 2. The van der Waals surface area contributed by atoms with Gasteiger partial charge in [0.2, 0.25) is 0 Å². The average Bonchev–Trinajstić information content (AvgIpc) is 3.05. The van der Waals surface area contributed by atoms with E-state index in [2.05, 4.69) is 59.2 Å². The number of hydrogen-bond donors (Lipinski definition) is 3. The van der Waals surface area contributed by atoms with Crippen LogP contribution in [0.2, 0.25) is 0 Å². The van der Waals surface area contributed by atoms with Gasteiger partial charge in [0.25, 0.3) is 0 Å². The Labute approximate surface area is 162 Å². The number of carbonyl (C=O) groups excluding carboxylic acids is 1. The molecule has 1 fully saturated rings. The third kappa shape index (κ3) is 5.75. The van der Waals surface area contributed by atoms with Crippen LogP contribution in [0.1, 0.15) is 42.7 Å². The van der Waals surface area contributed by atoms with Crippen molar-refractivity contribution in [3.63, 3.8) is 0 Å². The SMILES string of the molecule is Cl.N[C@@H]1CC[C@@H](NC(=O)NCCC(c2ccccc2)c2ccccc2)C1. The van der Waals surface area contributed by atoms with E-state index < -0.39 is 0 Å². The predicted molar refractivity (Wildman–Crippen MR) is 109 cm³/mol. The molecule has 2 aromatic rings. The first-order valence-corrected chi connectivity index (χ1v) is 9.12. The van der Waals surface area contributed by atoms with Crippen LogP contribution >= 0.6 is 12.4 Å². The van der Waals surface area contributed by atoms with Gasteiger partial charge in [-0.15, -0.1) is 12.4 Å². The highest BCUT2D eigenvalue weighted by Gasteiger charge is 2.23. The topological polar surface area (TPSA) is 67.1 Å². The lowest BCUT2D eigenvalue weighted by Gasteiger charge is -2.19. The van der Waals surface area contributed by atoms with Gasteiger partial charge < -0.3 is 16.4 Å². The molecule has 1 aliphatic carbocycles. The minimum atomic E-state index is -0.0843. The normalized spacial score (nSPS) is 19.0. The van der Waals surface area contributed by atoms with Crippen LogP contribution in [0.15, 0.2) is 60.7 Å². The lowest BCUT2D eigenvalue weighted by molar-refractivity contribution is 0.237. The third-order valence-corrected chi connectivity index (χ3v) is 4.93. The van der Waals surface area contributed by atoms with E-state index in [-0.39, 0.29) is 36.4 Å². The smallest absolute Gasteiger partial charge is 0.315 e. The zero-order valence-electron chi connectivity index (χ0n) is 14.9. The molecule has 0 aromatic heterocycles. The van der Waals surface area contributed by atoms with Crippen molar-refractivity contribution in [3.8, 4) is 0 Å². The maximum absolute atomic E-state index is 12.1. The van der Waals surface area contributed by atoms with Gasteiger partial charge in [0.1, 0.15) is 0 Å². The van der Waals surface area contributed by atoms with Gasteiger partial charge in [0.05, 0.1) is 0 Å². The molecule has 26 heavy (non-hydrogen) atoms. The molecule has 2 aromatic carbocycles. The molecule has 0 saturated heterocycles. The fourth-order valence-corrected chi connectivity index (χ4v) is 3.61. The summed E-state index contributed by atoms with van der Waals surface area (Å²) in [6.45, 7) is 0.638. The summed E-state index contributed by atoms with van der Waals surface area (Å²) in [5.41, 5.74) is 8.45. The Morgan fingerprint density at radius 2 is 1.58 bits per heavy atom. The summed E-state index contributed by atoms with van der Waals surface area (Å²) < 4.78 is 0. The Morgan fingerprint density at radius 3 is 2.08 bits per heavy atom. The minimum Gasteiger partial charge on any atom is -0.338 e. The van der Waals surface area contributed by atoms with Crippen LogP contribution in [0.5, 0.6) is 0 Å². The van der Waals surface area contributed by atoms with Crippen LogP contribution in [0.3, 0.4) is 0 Å². The van der Waals surface area contributed by atoms with E-state index >= 15 is 0 Å². The Morgan fingerprint density at radius 1 is 1.00 bits per heavy atom. The Bertz CT molecular complexity index is 626. The van der Waals surface area contributed by atoms with Gasteiger partial charge in [-0.3, -0.25) is 0 Å². The summed E-state index contributed by atoms with van der Waals surface area (Å²) in [5.74, 6) is 0.280. The summed E-state index contributed by atoms with van der Waals surface area (Å²) in [7, 11) is 0. The second-order valence-electron chi connectivity index (χ2n) is 6.83. The van der Waals surface area contributed by atoms with E-state index in [4.69, 9.17) is 5.73 Å². The highest BCUT2D eigenvalue weighted by atomic mass is 35.5. The lowest BCUT2D eigenvalue weighted by atomic mass is 9.88. The maximum atomic E-state index is 12.1. The van der Waals surface area contributed by atoms with E-state index in [0.29, 0.717) is 6.54 Å². The predicted octanol–water partition coefficient (Wildman–Crippen LogP) is 3.81. The van der Waals surface area contributed by atoms with Gasteiger partial charge in [0.15, 0.2) is 0 Å². The van der Waals surface area contributed by atoms with Crippen LogP contribution in [0.4, 0.5) is 4.79 Å². The van der Waals surface area contributed by atoms with Gasteiger partial charge in [-0.25, -0.2) is 4.79 Å². The van der Waals surface area contributed by atoms with Gasteiger partial charge in [-0.05, 0) is 36.8 Å². The molecule has 0 heterocycles. The van der Waals surface area contributed by atoms with E-state index in [0.717, 1.165) is 25.7 Å². The Hall–Kier alpha value is -2.04. The number of amides is 2. The Balaban J connectivity index is 0.00000243. The number of benzene rings is 2. The number of urea groups is 1. The lowest BCUT2D eigenvalue weighted by Crippen LogP contribution is -2.42. The zero-order chi connectivity index (χ0) is 17.5. The molecule has 4 nitrogen and oxygen atoms in total. The van der Waals surface area contributed by atoms with E-state index in [9.17, 15) is 4.79 Å².